The first kappa shape index (κ1) is 30.7. The highest BCUT2D eigenvalue weighted by Gasteiger charge is 2.26. The maximum atomic E-state index is 13.5. The lowest BCUT2D eigenvalue weighted by molar-refractivity contribution is -0.139. The van der Waals surface area contributed by atoms with Crippen LogP contribution in [-0.4, -0.2) is 41.2 Å². The fraction of sp³-hybridized carbons (Fsp3) is 0.400. The molecule has 0 saturated carbocycles. The quantitative estimate of drug-likeness (QED) is 0.203. The highest BCUT2D eigenvalue weighted by atomic mass is 32.1. The molecule has 43 heavy (non-hydrogen) atoms. The number of hydrogen-bond donors (Lipinski definition) is 2. The van der Waals surface area contributed by atoms with E-state index in [2.05, 4.69) is 52.1 Å². The van der Waals surface area contributed by atoms with Crippen molar-refractivity contribution >= 4 is 34.0 Å². The van der Waals surface area contributed by atoms with Gasteiger partial charge in [0.25, 0.3) is 5.91 Å². The summed E-state index contributed by atoms with van der Waals surface area (Å²) in [6, 6.07) is 18.6. The number of rotatable bonds is 9. The van der Waals surface area contributed by atoms with E-state index in [-0.39, 0.29) is 23.4 Å². The fourth-order valence-corrected chi connectivity index (χ4v) is 6.38. The van der Waals surface area contributed by atoms with Crippen molar-refractivity contribution in [2.75, 3.05) is 13.2 Å². The second-order valence-electron chi connectivity index (χ2n) is 12.6. The van der Waals surface area contributed by atoms with Crippen molar-refractivity contribution in [2.45, 2.75) is 77.2 Å². The second kappa shape index (κ2) is 12.9. The number of carboxylic acids is 1. The third kappa shape index (κ3) is 7.43. The Morgan fingerprint density at radius 3 is 2.35 bits per heavy atom. The molecule has 2 N–H and O–H groups in total. The zero-order valence-electron chi connectivity index (χ0n) is 25.5. The Kier molecular flexibility index (Phi) is 9.18. The third-order valence-corrected chi connectivity index (χ3v) is 9.30. The number of amides is 1. The van der Waals surface area contributed by atoms with Gasteiger partial charge < -0.3 is 19.9 Å². The van der Waals surface area contributed by atoms with Crippen LogP contribution in [-0.2, 0) is 21.4 Å². The lowest BCUT2D eigenvalue weighted by atomic mass is 9.87. The van der Waals surface area contributed by atoms with Crippen molar-refractivity contribution in [1.29, 1.82) is 0 Å². The molecule has 0 aliphatic carbocycles. The summed E-state index contributed by atoms with van der Waals surface area (Å²) in [5, 5.41) is 14.4. The maximum absolute atomic E-state index is 13.5. The first-order valence-electron chi connectivity index (χ1n) is 14.9. The lowest BCUT2D eigenvalue weighted by Gasteiger charge is -2.24. The van der Waals surface area contributed by atoms with E-state index >= 15 is 0 Å². The smallest absolute Gasteiger partial charge is 0.326 e. The number of benzene rings is 2. The van der Waals surface area contributed by atoms with Gasteiger partial charge in [-0.25, -0.2) is 9.78 Å². The van der Waals surface area contributed by atoms with E-state index in [9.17, 15) is 14.7 Å². The Hall–Kier alpha value is -3.75. The Morgan fingerprint density at radius 1 is 1.02 bits per heavy atom. The average molecular weight is 601 g/mol. The van der Waals surface area contributed by atoms with E-state index in [0.717, 1.165) is 39.9 Å². The molecule has 0 spiro atoms. The van der Waals surface area contributed by atoms with E-state index in [1.165, 1.54) is 10.4 Å². The highest BCUT2D eigenvalue weighted by Crippen LogP contribution is 2.35. The van der Waals surface area contributed by atoms with Crippen LogP contribution in [0.15, 0.2) is 60.7 Å². The van der Waals surface area contributed by atoms with Crippen LogP contribution in [0.25, 0.3) is 10.8 Å². The van der Waals surface area contributed by atoms with E-state index < -0.39 is 17.9 Å². The van der Waals surface area contributed by atoms with Crippen molar-refractivity contribution in [3.8, 4) is 11.5 Å². The first-order chi connectivity index (χ1) is 20.5. The number of carbonyl (C=O) groups excluding carboxylic acids is 1. The van der Waals surface area contributed by atoms with Gasteiger partial charge in [0.1, 0.15) is 23.2 Å². The van der Waals surface area contributed by atoms with E-state index in [1.54, 1.807) is 17.4 Å². The Labute approximate surface area is 257 Å². The molecule has 1 atom stereocenters. The van der Waals surface area contributed by atoms with Crippen LogP contribution in [0.2, 0.25) is 0 Å². The minimum absolute atomic E-state index is 0.0570. The van der Waals surface area contributed by atoms with Gasteiger partial charge in [-0.3, -0.25) is 4.79 Å². The molecule has 2 aromatic heterocycles. The summed E-state index contributed by atoms with van der Waals surface area (Å²) in [4.78, 5) is 32.6. The number of carbonyl (C=O) groups is 2. The van der Waals surface area contributed by atoms with E-state index in [4.69, 9.17) is 14.5 Å². The number of nitrogens with one attached hydrogen (secondary N) is 1. The number of aromatic nitrogens is 1. The maximum Gasteiger partial charge on any atom is 0.326 e. The molecule has 1 fully saturated rings. The van der Waals surface area contributed by atoms with Gasteiger partial charge in [0.05, 0.1) is 5.69 Å². The van der Waals surface area contributed by atoms with Crippen LogP contribution in [0.3, 0.4) is 0 Å². The molecule has 0 unspecified atom stereocenters. The highest BCUT2D eigenvalue weighted by molar-refractivity contribution is 7.12. The Balaban J connectivity index is 1.42. The average Bonchev–Trinajstić information content (AvgIpc) is 3.45. The van der Waals surface area contributed by atoms with Crippen molar-refractivity contribution in [1.82, 2.24) is 10.3 Å². The summed E-state index contributed by atoms with van der Waals surface area (Å²) in [7, 11) is 0. The predicted octanol–water partition coefficient (Wildman–Crippen LogP) is 7.83. The number of fused-ring (bicyclic) bond motifs is 1. The summed E-state index contributed by atoms with van der Waals surface area (Å²) in [6.07, 6.45) is 1.80. The summed E-state index contributed by atoms with van der Waals surface area (Å²) >= 11 is 1.58. The summed E-state index contributed by atoms with van der Waals surface area (Å²) in [5.74, 6) is 0.335. The molecule has 2 aromatic carbocycles. The minimum Gasteiger partial charge on any atom is -0.480 e. The number of hydrogen-bond acceptors (Lipinski definition) is 6. The first-order valence-corrected chi connectivity index (χ1v) is 15.7. The minimum atomic E-state index is -1.07. The van der Waals surface area contributed by atoms with E-state index in [1.807, 2.05) is 42.5 Å². The number of aliphatic carboxylic acids is 1. The van der Waals surface area contributed by atoms with Crippen molar-refractivity contribution in [2.24, 2.45) is 0 Å². The zero-order chi connectivity index (χ0) is 30.7. The van der Waals surface area contributed by atoms with Gasteiger partial charge in [-0.1, -0.05) is 52.8 Å². The van der Waals surface area contributed by atoms with Gasteiger partial charge in [-0.2, -0.15) is 0 Å². The van der Waals surface area contributed by atoms with Crippen LogP contribution < -0.4 is 10.1 Å². The fourth-order valence-electron chi connectivity index (χ4n) is 5.32. The monoisotopic (exact) mass is 600 g/mol. The summed E-state index contributed by atoms with van der Waals surface area (Å²) < 4.78 is 11.8. The number of nitrogens with zero attached hydrogens (tertiary/aromatic N) is 1. The van der Waals surface area contributed by atoms with Crippen LogP contribution in [0.1, 0.15) is 90.8 Å². The molecule has 1 amide bonds. The van der Waals surface area contributed by atoms with Gasteiger partial charge in [0.15, 0.2) is 0 Å². The van der Waals surface area contributed by atoms with Gasteiger partial charge in [0, 0.05) is 40.7 Å². The third-order valence-electron chi connectivity index (χ3n) is 7.89. The molecule has 7 nitrogen and oxygen atoms in total. The van der Waals surface area contributed by atoms with Crippen molar-refractivity contribution < 1.29 is 24.2 Å². The van der Waals surface area contributed by atoms with Crippen molar-refractivity contribution in [3.63, 3.8) is 0 Å². The predicted molar refractivity (Wildman–Crippen MR) is 171 cm³/mol. The largest absolute Gasteiger partial charge is 0.480 e. The van der Waals surface area contributed by atoms with Gasteiger partial charge in [-0.15, -0.1) is 11.3 Å². The number of carboxylic acid groups (broad SMARTS) is 1. The normalized spacial score (nSPS) is 15.0. The van der Waals surface area contributed by atoms with Gasteiger partial charge in [0.2, 0.25) is 0 Å². The van der Waals surface area contributed by atoms with Crippen LogP contribution in [0.5, 0.6) is 11.5 Å². The summed E-state index contributed by atoms with van der Waals surface area (Å²) in [5.41, 5.74) is 2.31. The Morgan fingerprint density at radius 2 is 1.72 bits per heavy atom. The van der Waals surface area contributed by atoms with Crippen LogP contribution >= 0.6 is 11.3 Å². The molecular formula is C35H40N2O5S. The number of ether oxygens (including phenoxy) is 2. The molecule has 0 radical (unpaired) electrons. The zero-order valence-corrected chi connectivity index (χ0v) is 26.3. The molecule has 1 saturated heterocycles. The van der Waals surface area contributed by atoms with Crippen LogP contribution in [0.4, 0.5) is 0 Å². The molecule has 1 aliphatic rings. The molecule has 5 rings (SSSR count). The topological polar surface area (TPSA) is 97.8 Å². The lowest BCUT2D eigenvalue weighted by Crippen LogP contribution is -2.42. The number of thiophene rings is 1. The standard InChI is InChI=1S/C35H40N2O5S/c1-21(2)31-13-12-27(43-31)20-30(34(39)40)37-33(38)29-18-23-6-9-26(42-25-10-7-24(8-11-25)35(3,4)5)19-28(23)32(36-29)22-14-16-41-17-15-22/h6-13,18-19,21-22,30H,14-17,20H2,1-5H3,(H,37,38)(H,39,40)/t30-/m0/s1. The SMILES string of the molecule is CC(C)c1ccc(C[C@H](NC(=O)c2cc3ccc(Oc4ccc(C(C)(C)C)cc4)cc3c(C3CCOCC3)n2)C(=O)O)s1. The van der Waals surface area contributed by atoms with Crippen LogP contribution in [0, 0.1) is 0 Å². The molecular weight excluding hydrogens is 560 g/mol. The molecule has 0 bridgehead atoms. The second-order valence-corrected chi connectivity index (χ2v) is 13.8. The van der Waals surface area contributed by atoms with Gasteiger partial charge >= 0.3 is 5.97 Å². The Bertz CT molecular complexity index is 1600. The molecule has 3 heterocycles. The molecule has 226 valence electrons. The summed E-state index contributed by atoms with van der Waals surface area (Å²) in [6.45, 7) is 12.0. The van der Waals surface area contributed by atoms with Gasteiger partial charge in [-0.05, 0) is 77.6 Å². The van der Waals surface area contributed by atoms with Crippen molar-refractivity contribution in [3.05, 3.63) is 87.4 Å². The molecule has 1 aliphatic heterocycles. The van der Waals surface area contributed by atoms with E-state index in [0.29, 0.717) is 24.9 Å². The molecule has 4 aromatic rings. The molecule has 8 heteroatoms. The number of pyridine rings is 1.